The van der Waals surface area contributed by atoms with Gasteiger partial charge in [0, 0.05) is 18.4 Å². The van der Waals surface area contributed by atoms with Crippen LogP contribution in [0.1, 0.15) is 35.9 Å². The van der Waals surface area contributed by atoms with Crippen molar-refractivity contribution in [2.24, 2.45) is 0 Å². The van der Waals surface area contributed by atoms with Crippen molar-refractivity contribution >= 4 is 16.9 Å². The Labute approximate surface area is 217 Å². The van der Waals surface area contributed by atoms with Gasteiger partial charge in [0.25, 0.3) is 5.92 Å². The Hall–Kier alpha value is -4.18. The van der Waals surface area contributed by atoms with Gasteiger partial charge in [0.2, 0.25) is 0 Å². The van der Waals surface area contributed by atoms with E-state index in [1.807, 2.05) is 24.3 Å². The molecule has 1 aromatic heterocycles. The van der Waals surface area contributed by atoms with Crippen molar-refractivity contribution in [3.8, 4) is 22.9 Å². The second-order valence-corrected chi connectivity index (χ2v) is 9.31. The molecular formula is C28H27F2N3O5. The molecule has 10 heteroatoms. The molecule has 0 radical (unpaired) electrons. The molecule has 0 saturated heterocycles. The predicted molar refractivity (Wildman–Crippen MR) is 137 cm³/mol. The highest BCUT2D eigenvalue weighted by Crippen LogP contribution is 2.36. The fourth-order valence-electron chi connectivity index (χ4n) is 4.35. The summed E-state index contributed by atoms with van der Waals surface area (Å²) in [6.07, 6.45) is 1.04. The number of ether oxygens (including phenoxy) is 3. The Morgan fingerprint density at radius 3 is 2.68 bits per heavy atom. The van der Waals surface area contributed by atoms with Crippen molar-refractivity contribution < 1.29 is 32.9 Å². The van der Waals surface area contributed by atoms with Crippen molar-refractivity contribution in [3.05, 3.63) is 78.0 Å². The van der Waals surface area contributed by atoms with E-state index in [9.17, 15) is 18.7 Å². The van der Waals surface area contributed by atoms with Gasteiger partial charge in [0.05, 0.1) is 29.5 Å². The van der Waals surface area contributed by atoms with Gasteiger partial charge in [-0.1, -0.05) is 12.1 Å². The van der Waals surface area contributed by atoms with Crippen LogP contribution < -0.4 is 19.5 Å². The van der Waals surface area contributed by atoms with Gasteiger partial charge in [-0.05, 0) is 61.0 Å². The molecule has 0 amide bonds. The van der Waals surface area contributed by atoms with Crippen molar-refractivity contribution in [1.82, 2.24) is 15.1 Å². The molecule has 0 saturated carbocycles. The van der Waals surface area contributed by atoms with Crippen molar-refractivity contribution in [2.75, 3.05) is 19.8 Å². The van der Waals surface area contributed by atoms with Gasteiger partial charge < -0.3 is 24.6 Å². The summed E-state index contributed by atoms with van der Waals surface area (Å²) in [7, 11) is 0. The summed E-state index contributed by atoms with van der Waals surface area (Å²) in [5.41, 5.74) is 2.27. The first-order chi connectivity index (χ1) is 18.2. The maximum absolute atomic E-state index is 13.6. The zero-order valence-electron chi connectivity index (χ0n) is 20.9. The van der Waals surface area contributed by atoms with E-state index in [-0.39, 0.29) is 5.56 Å². The molecule has 198 valence electrons. The number of alkyl halides is 2. The van der Waals surface area contributed by atoms with Crippen LogP contribution in [0.4, 0.5) is 8.78 Å². The third kappa shape index (κ3) is 5.55. The van der Waals surface area contributed by atoms with Crippen LogP contribution in [0.15, 0.2) is 66.9 Å². The lowest BCUT2D eigenvalue weighted by Gasteiger charge is -2.29. The van der Waals surface area contributed by atoms with Crippen LogP contribution in [-0.4, -0.2) is 52.6 Å². The average molecular weight is 524 g/mol. The fourth-order valence-corrected chi connectivity index (χ4v) is 4.35. The number of halogens is 2. The number of carboxylic acid groups (broad SMARTS) is 1. The average Bonchev–Trinajstić information content (AvgIpc) is 3.33. The SMILES string of the molecule is C[C@H](NCC(C)(F)F)[C@H](Oc1ccc2c(cnn2-c2cccc(C(=O)O)c2)c1)c1ccc2c(c1)OCCO2. The molecule has 0 spiro atoms. The van der Waals surface area contributed by atoms with Crippen molar-refractivity contribution in [2.45, 2.75) is 31.9 Å². The molecule has 2 atom stereocenters. The topological polar surface area (TPSA) is 94.8 Å². The van der Waals surface area contributed by atoms with E-state index >= 15 is 0 Å². The third-order valence-electron chi connectivity index (χ3n) is 6.22. The number of aromatic nitrogens is 2. The van der Waals surface area contributed by atoms with Crippen LogP contribution in [0.5, 0.6) is 17.2 Å². The second-order valence-electron chi connectivity index (χ2n) is 9.31. The zero-order chi connectivity index (χ0) is 26.9. The number of aromatic carboxylic acids is 1. The minimum absolute atomic E-state index is 0.160. The molecule has 0 unspecified atom stereocenters. The van der Waals surface area contributed by atoms with Gasteiger partial charge in [-0.15, -0.1) is 0 Å². The van der Waals surface area contributed by atoms with E-state index in [2.05, 4.69) is 10.4 Å². The molecule has 38 heavy (non-hydrogen) atoms. The summed E-state index contributed by atoms with van der Waals surface area (Å²) in [5.74, 6) is -2.17. The molecule has 2 heterocycles. The van der Waals surface area contributed by atoms with Crippen LogP contribution in [0, 0.1) is 0 Å². The van der Waals surface area contributed by atoms with E-state index in [1.54, 1.807) is 48.1 Å². The van der Waals surface area contributed by atoms with Gasteiger partial charge in [-0.3, -0.25) is 0 Å². The Balaban J connectivity index is 1.45. The van der Waals surface area contributed by atoms with E-state index in [0.29, 0.717) is 36.1 Å². The van der Waals surface area contributed by atoms with E-state index in [4.69, 9.17) is 14.2 Å². The highest BCUT2D eigenvalue weighted by atomic mass is 19.3. The molecule has 8 nitrogen and oxygen atoms in total. The molecule has 0 bridgehead atoms. The Morgan fingerprint density at radius 1 is 1.13 bits per heavy atom. The van der Waals surface area contributed by atoms with Crippen LogP contribution >= 0.6 is 0 Å². The summed E-state index contributed by atoms with van der Waals surface area (Å²) in [6, 6.07) is 16.9. The van der Waals surface area contributed by atoms with E-state index in [0.717, 1.165) is 23.4 Å². The minimum Gasteiger partial charge on any atom is -0.486 e. The first kappa shape index (κ1) is 25.5. The number of nitrogens with one attached hydrogen (secondary N) is 1. The second kappa shape index (κ2) is 10.3. The third-order valence-corrected chi connectivity index (χ3v) is 6.22. The molecule has 4 aromatic rings. The molecule has 0 fully saturated rings. The van der Waals surface area contributed by atoms with Gasteiger partial charge in [0.1, 0.15) is 25.1 Å². The quantitative estimate of drug-likeness (QED) is 0.310. The molecular weight excluding hydrogens is 496 g/mol. The maximum Gasteiger partial charge on any atom is 0.335 e. The number of benzene rings is 3. The fraction of sp³-hybridized carbons (Fsp3) is 0.286. The monoisotopic (exact) mass is 523 g/mol. The summed E-state index contributed by atoms with van der Waals surface area (Å²) in [4.78, 5) is 11.4. The number of hydrogen-bond acceptors (Lipinski definition) is 6. The molecule has 5 rings (SSSR count). The number of carbonyl (C=O) groups is 1. The highest BCUT2D eigenvalue weighted by Gasteiger charge is 2.28. The summed E-state index contributed by atoms with van der Waals surface area (Å²) < 4.78 is 46.6. The number of nitrogens with zero attached hydrogens (tertiary/aromatic N) is 2. The van der Waals surface area contributed by atoms with Crippen molar-refractivity contribution in [1.29, 1.82) is 0 Å². The van der Waals surface area contributed by atoms with Gasteiger partial charge in [0.15, 0.2) is 11.5 Å². The Morgan fingerprint density at radius 2 is 1.92 bits per heavy atom. The van der Waals surface area contributed by atoms with Crippen LogP contribution in [0.3, 0.4) is 0 Å². The maximum atomic E-state index is 13.6. The van der Waals surface area contributed by atoms with Gasteiger partial charge >= 0.3 is 5.97 Å². The Kier molecular flexibility index (Phi) is 6.90. The first-order valence-electron chi connectivity index (χ1n) is 12.2. The number of hydrogen-bond donors (Lipinski definition) is 2. The Bertz CT molecular complexity index is 1470. The lowest BCUT2D eigenvalue weighted by Crippen LogP contribution is -2.41. The van der Waals surface area contributed by atoms with E-state index in [1.165, 1.54) is 6.07 Å². The van der Waals surface area contributed by atoms with Crippen molar-refractivity contribution in [3.63, 3.8) is 0 Å². The lowest BCUT2D eigenvalue weighted by atomic mass is 10.0. The smallest absolute Gasteiger partial charge is 0.335 e. The van der Waals surface area contributed by atoms with E-state index < -0.39 is 30.6 Å². The van der Waals surface area contributed by atoms with Gasteiger partial charge in [-0.2, -0.15) is 5.10 Å². The van der Waals surface area contributed by atoms with Crippen LogP contribution in [0.2, 0.25) is 0 Å². The van der Waals surface area contributed by atoms with Gasteiger partial charge in [-0.25, -0.2) is 18.3 Å². The van der Waals surface area contributed by atoms with Crippen LogP contribution in [0.25, 0.3) is 16.6 Å². The zero-order valence-corrected chi connectivity index (χ0v) is 20.9. The summed E-state index contributed by atoms with van der Waals surface area (Å²) in [6.45, 7) is 3.04. The first-order valence-corrected chi connectivity index (χ1v) is 12.2. The predicted octanol–water partition coefficient (Wildman–Crippen LogP) is 5.25. The normalized spacial score (nSPS) is 14.7. The summed E-state index contributed by atoms with van der Waals surface area (Å²) >= 11 is 0. The number of carboxylic acids is 1. The summed E-state index contributed by atoms with van der Waals surface area (Å²) in [5, 5.41) is 17.4. The standard InChI is InChI=1S/C28H27F2N3O5/c1-17(31-16-28(2,29)30)26(18-6-9-24-25(14-18)37-11-10-36-24)38-22-7-8-23-20(13-22)15-32-33(23)21-5-3-4-19(12-21)27(34)35/h3-9,12-15,17,26,31H,10-11,16H2,1-2H3,(H,34,35)/t17-,26-/m0/s1. The number of rotatable bonds is 9. The molecule has 1 aliphatic rings. The molecule has 2 N–H and O–H groups in total. The molecule has 1 aliphatic heterocycles. The van der Waals surface area contributed by atoms with Crippen LogP contribution in [-0.2, 0) is 0 Å². The number of fused-ring (bicyclic) bond motifs is 2. The minimum atomic E-state index is -2.88. The largest absolute Gasteiger partial charge is 0.486 e. The lowest BCUT2D eigenvalue weighted by molar-refractivity contribution is 0.0152. The molecule has 0 aliphatic carbocycles. The molecule has 3 aromatic carbocycles. The highest BCUT2D eigenvalue weighted by molar-refractivity contribution is 5.88.